The Morgan fingerprint density at radius 3 is 1.35 bits per heavy atom. The smallest absolute Gasteiger partial charge is 0.143 e. The van der Waals surface area contributed by atoms with Crippen molar-refractivity contribution >= 4 is 60.9 Å². The van der Waals surface area contributed by atoms with Crippen molar-refractivity contribution in [2.75, 3.05) is 4.90 Å². The molecular weight excluding hydrogens is 695 g/mol. The molecule has 0 aliphatic rings. The van der Waals surface area contributed by atoms with Gasteiger partial charge in [-0.15, -0.1) is 0 Å². The van der Waals surface area contributed by atoms with Gasteiger partial charge >= 0.3 is 0 Å². The SMILES string of the molecule is c1ccc(-c2cccc(-c3ccc(N(c4ccc(-c5ccc6oc7ccccc7c6c5)cc4)c4ccc(-c5cccc6c5oc5ccccc56)cc4)cc3)c2)cc1. The van der Waals surface area contributed by atoms with Gasteiger partial charge in [-0.3, -0.25) is 0 Å². The topological polar surface area (TPSA) is 29.5 Å². The lowest BCUT2D eigenvalue weighted by Gasteiger charge is -2.26. The summed E-state index contributed by atoms with van der Waals surface area (Å²) in [5.41, 5.74) is 16.1. The molecule has 3 heteroatoms. The molecule has 0 aliphatic carbocycles. The van der Waals surface area contributed by atoms with Crippen LogP contribution in [0.25, 0.3) is 88.4 Å². The maximum absolute atomic E-state index is 6.41. The van der Waals surface area contributed by atoms with Crippen molar-refractivity contribution in [1.82, 2.24) is 0 Å². The molecule has 268 valence electrons. The average molecular weight is 730 g/mol. The highest BCUT2D eigenvalue weighted by Crippen LogP contribution is 2.41. The first-order valence-electron chi connectivity index (χ1n) is 19.3. The number of furan rings is 2. The summed E-state index contributed by atoms with van der Waals surface area (Å²) in [6, 6.07) is 75.2. The van der Waals surface area contributed by atoms with E-state index < -0.39 is 0 Å². The van der Waals surface area contributed by atoms with Crippen molar-refractivity contribution in [2.45, 2.75) is 0 Å². The second-order valence-corrected chi connectivity index (χ2v) is 14.5. The Hall–Kier alpha value is -7.62. The first kappa shape index (κ1) is 32.8. The van der Waals surface area contributed by atoms with Crippen LogP contribution in [0.3, 0.4) is 0 Å². The predicted molar refractivity (Wildman–Crippen MR) is 237 cm³/mol. The third kappa shape index (κ3) is 5.85. The second-order valence-electron chi connectivity index (χ2n) is 14.5. The minimum absolute atomic E-state index is 0.901. The zero-order chi connectivity index (χ0) is 37.7. The molecule has 11 aromatic rings. The van der Waals surface area contributed by atoms with Crippen LogP contribution in [0.4, 0.5) is 17.1 Å². The molecule has 0 fully saturated rings. The number of anilines is 3. The molecule has 9 aromatic carbocycles. The molecule has 0 radical (unpaired) electrons. The lowest BCUT2D eigenvalue weighted by molar-refractivity contribution is 0.669. The van der Waals surface area contributed by atoms with Gasteiger partial charge in [-0.05, 0) is 106 Å². The van der Waals surface area contributed by atoms with Gasteiger partial charge in [0.15, 0.2) is 0 Å². The fourth-order valence-electron chi connectivity index (χ4n) is 8.23. The Bertz CT molecular complexity index is 3210. The van der Waals surface area contributed by atoms with Gasteiger partial charge in [0.05, 0.1) is 0 Å². The standard InChI is InChI=1S/C54H35NO2/c1-2-10-36(11-3-1)40-12-8-13-41(34-40)37-20-27-43(28-21-37)55(44-29-22-38(23-30-44)42-26-33-53-50(35-42)48-15-5-6-18-51(48)56-53)45-31-24-39(25-32-45)46-16-9-17-49-47-14-4-7-19-52(47)57-54(46)49/h1-35H. The number of para-hydroxylation sites is 3. The average Bonchev–Trinajstić information content (AvgIpc) is 3.86. The summed E-state index contributed by atoms with van der Waals surface area (Å²) in [4.78, 5) is 2.33. The molecule has 57 heavy (non-hydrogen) atoms. The van der Waals surface area contributed by atoms with Crippen molar-refractivity contribution in [3.05, 3.63) is 212 Å². The summed E-state index contributed by atoms with van der Waals surface area (Å²) in [7, 11) is 0. The van der Waals surface area contributed by atoms with Crippen LogP contribution in [0.2, 0.25) is 0 Å². The molecule has 11 rings (SSSR count). The van der Waals surface area contributed by atoms with E-state index in [4.69, 9.17) is 8.83 Å². The van der Waals surface area contributed by atoms with E-state index >= 15 is 0 Å². The van der Waals surface area contributed by atoms with Crippen LogP contribution < -0.4 is 4.90 Å². The van der Waals surface area contributed by atoms with Crippen molar-refractivity contribution in [3.8, 4) is 44.5 Å². The second kappa shape index (κ2) is 13.6. The quantitative estimate of drug-likeness (QED) is 0.164. The fourth-order valence-corrected chi connectivity index (χ4v) is 8.23. The number of hydrogen-bond donors (Lipinski definition) is 0. The molecule has 2 aromatic heterocycles. The molecular formula is C54H35NO2. The molecule has 0 spiro atoms. The Morgan fingerprint density at radius 1 is 0.263 bits per heavy atom. The van der Waals surface area contributed by atoms with Gasteiger partial charge in [0.2, 0.25) is 0 Å². The van der Waals surface area contributed by atoms with Crippen LogP contribution in [0.5, 0.6) is 0 Å². The summed E-state index contributed by atoms with van der Waals surface area (Å²) < 4.78 is 12.5. The van der Waals surface area contributed by atoms with E-state index in [0.29, 0.717) is 0 Å². The van der Waals surface area contributed by atoms with E-state index in [2.05, 4.69) is 193 Å². The van der Waals surface area contributed by atoms with Gasteiger partial charge in [0.25, 0.3) is 0 Å². The van der Waals surface area contributed by atoms with E-state index in [1.54, 1.807) is 0 Å². The van der Waals surface area contributed by atoms with Crippen LogP contribution in [-0.4, -0.2) is 0 Å². The van der Waals surface area contributed by atoms with Crippen LogP contribution in [-0.2, 0) is 0 Å². The summed E-state index contributed by atoms with van der Waals surface area (Å²) in [6.07, 6.45) is 0. The molecule has 0 N–H and O–H groups in total. The Balaban J connectivity index is 0.974. The number of hydrogen-bond acceptors (Lipinski definition) is 3. The van der Waals surface area contributed by atoms with Gasteiger partial charge in [0.1, 0.15) is 22.3 Å². The lowest BCUT2D eigenvalue weighted by Crippen LogP contribution is -2.09. The maximum Gasteiger partial charge on any atom is 0.143 e. The number of benzene rings is 9. The summed E-state index contributed by atoms with van der Waals surface area (Å²) in [6.45, 7) is 0. The van der Waals surface area contributed by atoms with Gasteiger partial charge in [-0.25, -0.2) is 0 Å². The number of fused-ring (bicyclic) bond motifs is 6. The summed E-state index contributed by atoms with van der Waals surface area (Å²) in [5.74, 6) is 0. The highest BCUT2D eigenvalue weighted by molar-refractivity contribution is 6.09. The summed E-state index contributed by atoms with van der Waals surface area (Å²) >= 11 is 0. The molecule has 0 unspecified atom stereocenters. The third-order valence-corrected chi connectivity index (χ3v) is 11.1. The van der Waals surface area contributed by atoms with Gasteiger partial charge in [0, 0.05) is 44.2 Å². The number of nitrogens with zero attached hydrogens (tertiary/aromatic N) is 1. The van der Waals surface area contributed by atoms with Crippen molar-refractivity contribution in [3.63, 3.8) is 0 Å². The molecule has 0 bridgehead atoms. The molecule has 3 nitrogen and oxygen atoms in total. The van der Waals surface area contributed by atoms with Crippen molar-refractivity contribution in [2.24, 2.45) is 0 Å². The molecule has 0 saturated heterocycles. The van der Waals surface area contributed by atoms with Crippen molar-refractivity contribution < 1.29 is 8.83 Å². The third-order valence-electron chi connectivity index (χ3n) is 11.1. The van der Waals surface area contributed by atoms with Crippen LogP contribution >= 0.6 is 0 Å². The van der Waals surface area contributed by atoms with Crippen LogP contribution in [0.15, 0.2) is 221 Å². The van der Waals surface area contributed by atoms with Crippen molar-refractivity contribution in [1.29, 1.82) is 0 Å². The Labute approximate surface area is 330 Å². The summed E-state index contributed by atoms with van der Waals surface area (Å²) in [5, 5.41) is 4.52. The molecule has 0 amide bonds. The van der Waals surface area contributed by atoms with E-state index in [0.717, 1.165) is 83.2 Å². The van der Waals surface area contributed by atoms with E-state index in [1.165, 1.54) is 22.3 Å². The maximum atomic E-state index is 6.41. The molecule has 2 heterocycles. The highest BCUT2D eigenvalue weighted by Gasteiger charge is 2.17. The Kier molecular flexibility index (Phi) is 7.82. The molecule has 0 atom stereocenters. The van der Waals surface area contributed by atoms with Gasteiger partial charge < -0.3 is 13.7 Å². The highest BCUT2D eigenvalue weighted by atomic mass is 16.3. The minimum Gasteiger partial charge on any atom is -0.456 e. The van der Waals surface area contributed by atoms with E-state index in [1.807, 2.05) is 24.3 Å². The fraction of sp³-hybridized carbons (Fsp3) is 0. The van der Waals surface area contributed by atoms with E-state index in [-0.39, 0.29) is 0 Å². The van der Waals surface area contributed by atoms with E-state index in [9.17, 15) is 0 Å². The van der Waals surface area contributed by atoms with Gasteiger partial charge in [-0.1, -0.05) is 146 Å². The zero-order valence-corrected chi connectivity index (χ0v) is 31.0. The van der Waals surface area contributed by atoms with Crippen LogP contribution in [0, 0.1) is 0 Å². The molecule has 0 aliphatic heterocycles. The normalized spacial score (nSPS) is 11.5. The molecule has 0 saturated carbocycles. The zero-order valence-electron chi connectivity index (χ0n) is 31.0. The largest absolute Gasteiger partial charge is 0.456 e. The first-order valence-corrected chi connectivity index (χ1v) is 19.3. The van der Waals surface area contributed by atoms with Crippen LogP contribution in [0.1, 0.15) is 0 Å². The first-order chi connectivity index (χ1) is 28.2. The lowest BCUT2D eigenvalue weighted by atomic mass is 9.98. The monoisotopic (exact) mass is 729 g/mol. The number of rotatable bonds is 7. The Morgan fingerprint density at radius 2 is 0.702 bits per heavy atom. The predicted octanol–water partition coefficient (Wildman–Crippen LogP) is 15.6. The minimum atomic E-state index is 0.901. The van der Waals surface area contributed by atoms with Gasteiger partial charge in [-0.2, -0.15) is 0 Å².